The van der Waals surface area contributed by atoms with Crippen LogP contribution in [0.3, 0.4) is 0 Å². The average Bonchev–Trinajstić information content (AvgIpc) is 3.25. The lowest BCUT2D eigenvalue weighted by Gasteiger charge is -2.05. The van der Waals surface area contributed by atoms with Gasteiger partial charge in [0.05, 0.1) is 22.9 Å². The average molecular weight is 346 g/mol. The van der Waals surface area contributed by atoms with E-state index in [1.807, 2.05) is 17.5 Å². The molecule has 0 aliphatic carbocycles. The molecule has 0 radical (unpaired) electrons. The molecule has 24 heavy (non-hydrogen) atoms. The number of carbonyl (C=O) groups is 1. The van der Waals surface area contributed by atoms with Crippen LogP contribution in [-0.4, -0.2) is 36.1 Å². The maximum absolute atomic E-state index is 13.2. The third kappa shape index (κ3) is 3.52. The lowest BCUT2D eigenvalue weighted by molar-refractivity contribution is 0.0381. The number of aromatic nitrogens is 2. The molecule has 3 rings (SSSR count). The summed E-state index contributed by atoms with van der Waals surface area (Å²) in [5, 5.41) is 6.27. The summed E-state index contributed by atoms with van der Waals surface area (Å²) in [6.07, 6.45) is 0. The molecular formula is C17H15FN2O3S. The van der Waals surface area contributed by atoms with Crippen molar-refractivity contribution in [2.24, 2.45) is 0 Å². The molecule has 2 heterocycles. The van der Waals surface area contributed by atoms with E-state index in [0.29, 0.717) is 12.3 Å². The van der Waals surface area contributed by atoms with E-state index in [1.165, 1.54) is 30.6 Å². The van der Waals surface area contributed by atoms with Gasteiger partial charge in [-0.25, -0.2) is 13.9 Å². The predicted octanol–water partition coefficient (Wildman–Crippen LogP) is 3.54. The van der Waals surface area contributed by atoms with Gasteiger partial charge >= 0.3 is 5.97 Å². The molecule has 2 aromatic heterocycles. The fourth-order valence-corrected chi connectivity index (χ4v) is 2.88. The first-order valence-corrected chi connectivity index (χ1v) is 8.13. The van der Waals surface area contributed by atoms with Gasteiger partial charge in [-0.05, 0) is 35.7 Å². The zero-order valence-electron chi connectivity index (χ0n) is 12.9. The molecule has 0 N–H and O–H groups in total. The summed E-state index contributed by atoms with van der Waals surface area (Å²) in [5.74, 6) is -0.853. The second-order valence-electron chi connectivity index (χ2n) is 4.91. The Hall–Kier alpha value is -2.51. The summed E-state index contributed by atoms with van der Waals surface area (Å²) < 4.78 is 24.8. The number of hydrogen-bond acceptors (Lipinski definition) is 5. The number of thiophene rings is 1. The Morgan fingerprint density at radius 3 is 2.71 bits per heavy atom. The second kappa shape index (κ2) is 7.37. The number of halogens is 1. The molecule has 0 bridgehead atoms. The van der Waals surface area contributed by atoms with Crippen molar-refractivity contribution in [2.75, 3.05) is 20.3 Å². The van der Waals surface area contributed by atoms with E-state index < -0.39 is 5.97 Å². The molecule has 3 aromatic rings. The first-order chi connectivity index (χ1) is 11.7. The van der Waals surface area contributed by atoms with Crippen LogP contribution in [0.2, 0.25) is 0 Å². The third-order valence-electron chi connectivity index (χ3n) is 3.28. The second-order valence-corrected chi connectivity index (χ2v) is 5.86. The topological polar surface area (TPSA) is 53.4 Å². The van der Waals surface area contributed by atoms with Gasteiger partial charge in [-0.1, -0.05) is 6.07 Å². The van der Waals surface area contributed by atoms with E-state index in [9.17, 15) is 9.18 Å². The summed E-state index contributed by atoms with van der Waals surface area (Å²) in [7, 11) is 1.53. The smallest absolute Gasteiger partial charge is 0.358 e. The van der Waals surface area contributed by atoms with Gasteiger partial charge in [0.15, 0.2) is 5.69 Å². The van der Waals surface area contributed by atoms with E-state index in [-0.39, 0.29) is 18.1 Å². The van der Waals surface area contributed by atoms with Gasteiger partial charge in [0.2, 0.25) is 0 Å². The highest BCUT2D eigenvalue weighted by atomic mass is 32.1. The minimum absolute atomic E-state index is 0.160. The molecule has 0 aliphatic rings. The maximum Gasteiger partial charge on any atom is 0.358 e. The largest absolute Gasteiger partial charge is 0.458 e. The van der Waals surface area contributed by atoms with Gasteiger partial charge in [0, 0.05) is 13.2 Å². The molecular weight excluding hydrogens is 331 g/mol. The first kappa shape index (κ1) is 16.4. The van der Waals surface area contributed by atoms with Gasteiger partial charge in [0.1, 0.15) is 12.4 Å². The van der Waals surface area contributed by atoms with Crippen molar-refractivity contribution in [3.05, 3.63) is 59.4 Å². The van der Waals surface area contributed by atoms with Gasteiger partial charge < -0.3 is 9.47 Å². The lowest BCUT2D eigenvalue weighted by Crippen LogP contribution is -2.11. The predicted molar refractivity (Wildman–Crippen MR) is 89.0 cm³/mol. The summed E-state index contributed by atoms with van der Waals surface area (Å²) >= 11 is 1.53. The highest BCUT2D eigenvalue weighted by Gasteiger charge is 2.18. The summed E-state index contributed by atoms with van der Waals surface area (Å²) in [5.41, 5.74) is 1.60. The Morgan fingerprint density at radius 1 is 1.25 bits per heavy atom. The molecule has 124 valence electrons. The molecule has 0 fully saturated rings. The molecule has 1 aromatic carbocycles. The Kier molecular flexibility index (Phi) is 5.02. The molecule has 0 amide bonds. The normalized spacial score (nSPS) is 10.8. The highest BCUT2D eigenvalue weighted by molar-refractivity contribution is 7.13. The highest BCUT2D eigenvalue weighted by Crippen LogP contribution is 2.28. The van der Waals surface area contributed by atoms with E-state index in [1.54, 1.807) is 22.9 Å². The van der Waals surface area contributed by atoms with Crippen molar-refractivity contribution in [3.63, 3.8) is 0 Å². The molecule has 0 atom stereocenters. The summed E-state index contributed by atoms with van der Waals surface area (Å²) in [6.45, 7) is 0.481. The molecule has 0 spiro atoms. The van der Waals surface area contributed by atoms with Crippen molar-refractivity contribution in [2.45, 2.75) is 0 Å². The Balaban J connectivity index is 1.97. The maximum atomic E-state index is 13.2. The quantitative estimate of drug-likeness (QED) is 0.506. The number of esters is 1. The van der Waals surface area contributed by atoms with Gasteiger partial charge in [-0.15, -0.1) is 11.3 Å². The fraction of sp³-hybridized carbons (Fsp3) is 0.176. The summed E-state index contributed by atoms with van der Waals surface area (Å²) in [4.78, 5) is 13.1. The number of hydrogen-bond donors (Lipinski definition) is 0. The SMILES string of the molecule is COCCOC(=O)c1cc(-c2cccs2)n(-c2ccc(F)cc2)n1. The zero-order valence-corrected chi connectivity index (χ0v) is 13.8. The molecule has 0 saturated heterocycles. The Morgan fingerprint density at radius 2 is 2.04 bits per heavy atom. The fourth-order valence-electron chi connectivity index (χ4n) is 2.15. The molecule has 0 unspecified atom stereocenters. The van der Waals surface area contributed by atoms with E-state index >= 15 is 0 Å². The first-order valence-electron chi connectivity index (χ1n) is 7.25. The molecule has 7 heteroatoms. The van der Waals surface area contributed by atoms with E-state index in [4.69, 9.17) is 9.47 Å². The van der Waals surface area contributed by atoms with Crippen LogP contribution in [0.15, 0.2) is 47.8 Å². The Labute approximate surface area is 142 Å². The number of methoxy groups -OCH3 is 1. The van der Waals surface area contributed by atoms with Crippen LogP contribution >= 0.6 is 11.3 Å². The van der Waals surface area contributed by atoms with Crippen LogP contribution in [0, 0.1) is 5.82 Å². The van der Waals surface area contributed by atoms with Gasteiger partial charge in [0.25, 0.3) is 0 Å². The molecule has 5 nitrogen and oxygen atoms in total. The summed E-state index contributed by atoms with van der Waals surface area (Å²) in [6, 6.07) is 11.4. The lowest BCUT2D eigenvalue weighted by atomic mass is 10.2. The van der Waals surface area contributed by atoms with Crippen LogP contribution < -0.4 is 0 Å². The number of ether oxygens (including phenoxy) is 2. The Bertz CT molecular complexity index is 813. The van der Waals surface area contributed by atoms with Gasteiger partial charge in [-0.3, -0.25) is 0 Å². The van der Waals surface area contributed by atoms with Crippen LogP contribution in [0.25, 0.3) is 16.3 Å². The van der Waals surface area contributed by atoms with Crippen LogP contribution in [-0.2, 0) is 9.47 Å². The van der Waals surface area contributed by atoms with Crippen LogP contribution in [0.5, 0.6) is 0 Å². The monoisotopic (exact) mass is 346 g/mol. The molecule has 0 aliphatic heterocycles. The zero-order chi connectivity index (χ0) is 16.9. The van der Waals surface area contributed by atoms with Crippen molar-refractivity contribution in [1.29, 1.82) is 0 Å². The minimum Gasteiger partial charge on any atom is -0.458 e. The number of nitrogens with zero attached hydrogens (tertiary/aromatic N) is 2. The van der Waals surface area contributed by atoms with Crippen molar-refractivity contribution in [3.8, 4) is 16.3 Å². The number of carbonyl (C=O) groups excluding carboxylic acids is 1. The standard InChI is InChI=1S/C17H15FN2O3S/c1-22-8-9-23-17(21)14-11-15(16-3-2-10-24-16)20(19-14)13-6-4-12(18)5-7-13/h2-7,10-11H,8-9H2,1H3. The van der Waals surface area contributed by atoms with Crippen LogP contribution in [0.1, 0.15) is 10.5 Å². The number of benzene rings is 1. The minimum atomic E-state index is -0.522. The van der Waals surface area contributed by atoms with Gasteiger partial charge in [-0.2, -0.15) is 5.10 Å². The van der Waals surface area contributed by atoms with Crippen molar-refractivity contribution < 1.29 is 18.7 Å². The van der Waals surface area contributed by atoms with Crippen LogP contribution in [0.4, 0.5) is 4.39 Å². The number of rotatable bonds is 6. The van der Waals surface area contributed by atoms with E-state index in [0.717, 1.165) is 10.6 Å². The third-order valence-corrected chi connectivity index (χ3v) is 4.18. The van der Waals surface area contributed by atoms with Crippen molar-refractivity contribution >= 4 is 17.3 Å². The van der Waals surface area contributed by atoms with Crippen molar-refractivity contribution in [1.82, 2.24) is 9.78 Å². The molecule has 0 saturated carbocycles. The van der Waals surface area contributed by atoms with E-state index in [2.05, 4.69) is 5.10 Å².